The molecule has 24 heavy (non-hydrogen) atoms. The Morgan fingerprint density at radius 3 is 2.75 bits per heavy atom. The van der Waals surface area contributed by atoms with Gasteiger partial charge in [0.2, 0.25) is 5.95 Å². The number of nitrogens with zero attached hydrogens (tertiary/aromatic N) is 3. The standard InChI is InChI=1S/C20H24N4/c1-23(20-21-18-9-5-6-10-19(18)22-20)13-17-11-12-24(15-17)14-16-7-3-2-4-8-16/h2-10,17H,11-15H2,1H3,(H,21,22). The average Bonchev–Trinajstić information content (AvgIpc) is 3.22. The van der Waals surface area contributed by atoms with Gasteiger partial charge in [0.05, 0.1) is 11.0 Å². The molecule has 3 aromatic rings. The van der Waals surface area contributed by atoms with Crippen molar-refractivity contribution in [3.63, 3.8) is 0 Å². The number of likely N-dealkylation sites (tertiary alicyclic amines) is 1. The maximum Gasteiger partial charge on any atom is 0.203 e. The minimum absolute atomic E-state index is 0.701. The van der Waals surface area contributed by atoms with Gasteiger partial charge in [-0.25, -0.2) is 4.98 Å². The van der Waals surface area contributed by atoms with Gasteiger partial charge in [-0.1, -0.05) is 42.5 Å². The van der Waals surface area contributed by atoms with Crippen molar-refractivity contribution in [3.05, 3.63) is 60.2 Å². The molecule has 2 heterocycles. The predicted molar refractivity (Wildman–Crippen MR) is 99.2 cm³/mol. The first-order chi connectivity index (χ1) is 11.8. The first-order valence-electron chi connectivity index (χ1n) is 8.70. The molecule has 0 bridgehead atoms. The Balaban J connectivity index is 1.35. The summed E-state index contributed by atoms with van der Waals surface area (Å²) in [5.41, 5.74) is 3.55. The molecule has 0 radical (unpaired) electrons. The second-order valence-corrected chi connectivity index (χ2v) is 6.83. The van der Waals surface area contributed by atoms with E-state index in [4.69, 9.17) is 4.98 Å². The van der Waals surface area contributed by atoms with Crippen molar-refractivity contribution >= 4 is 17.0 Å². The SMILES string of the molecule is CN(CC1CCN(Cc2ccccc2)C1)c1nc2ccccc2[nH]1. The van der Waals surface area contributed by atoms with Gasteiger partial charge in [-0.2, -0.15) is 0 Å². The summed E-state index contributed by atoms with van der Waals surface area (Å²) in [6.45, 7) is 4.46. The number of para-hydroxylation sites is 2. The van der Waals surface area contributed by atoms with E-state index in [0.29, 0.717) is 5.92 Å². The first kappa shape index (κ1) is 15.2. The molecule has 1 N–H and O–H groups in total. The van der Waals surface area contributed by atoms with E-state index < -0.39 is 0 Å². The van der Waals surface area contributed by atoms with Gasteiger partial charge >= 0.3 is 0 Å². The zero-order chi connectivity index (χ0) is 16.4. The molecule has 4 heteroatoms. The van der Waals surface area contributed by atoms with Crippen LogP contribution in [0.3, 0.4) is 0 Å². The molecule has 1 saturated heterocycles. The van der Waals surface area contributed by atoms with Crippen LogP contribution in [-0.2, 0) is 6.54 Å². The van der Waals surface area contributed by atoms with E-state index >= 15 is 0 Å². The molecule has 0 aliphatic carbocycles. The summed E-state index contributed by atoms with van der Waals surface area (Å²) >= 11 is 0. The maximum atomic E-state index is 4.70. The van der Waals surface area contributed by atoms with Crippen LogP contribution in [0.2, 0.25) is 0 Å². The summed E-state index contributed by atoms with van der Waals surface area (Å²) in [6, 6.07) is 19.0. The van der Waals surface area contributed by atoms with Crippen molar-refractivity contribution < 1.29 is 0 Å². The molecular formula is C20H24N4. The van der Waals surface area contributed by atoms with Gasteiger partial charge < -0.3 is 9.88 Å². The summed E-state index contributed by atoms with van der Waals surface area (Å²) in [5, 5.41) is 0. The van der Waals surface area contributed by atoms with Gasteiger partial charge in [0.1, 0.15) is 0 Å². The lowest BCUT2D eigenvalue weighted by molar-refractivity contribution is 0.317. The van der Waals surface area contributed by atoms with E-state index in [0.717, 1.165) is 30.1 Å². The number of benzene rings is 2. The fraction of sp³-hybridized carbons (Fsp3) is 0.350. The molecule has 0 saturated carbocycles. The highest BCUT2D eigenvalue weighted by atomic mass is 15.3. The summed E-state index contributed by atoms with van der Waals surface area (Å²) in [4.78, 5) is 12.9. The van der Waals surface area contributed by atoms with Gasteiger partial charge in [-0.3, -0.25) is 4.90 Å². The number of imidazole rings is 1. The van der Waals surface area contributed by atoms with Crippen LogP contribution in [-0.4, -0.2) is 41.5 Å². The van der Waals surface area contributed by atoms with Crippen molar-refractivity contribution in [2.45, 2.75) is 13.0 Å². The lowest BCUT2D eigenvalue weighted by atomic mass is 10.1. The summed E-state index contributed by atoms with van der Waals surface area (Å²) < 4.78 is 0. The minimum Gasteiger partial charge on any atom is -0.345 e. The number of aromatic amines is 1. The monoisotopic (exact) mass is 320 g/mol. The van der Waals surface area contributed by atoms with Gasteiger partial charge in [0.15, 0.2) is 0 Å². The van der Waals surface area contributed by atoms with Gasteiger partial charge in [-0.05, 0) is 36.6 Å². The number of rotatable bonds is 5. The number of anilines is 1. The largest absolute Gasteiger partial charge is 0.345 e. The van der Waals surface area contributed by atoms with Crippen LogP contribution in [0.25, 0.3) is 11.0 Å². The molecular weight excluding hydrogens is 296 g/mol. The van der Waals surface area contributed by atoms with Crippen LogP contribution in [0.1, 0.15) is 12.0 Å². The van der Waals surface area contributed by atoms with Crippen molar-refractivity contribution in [1.29, 1.82) is 0 Å². The Morgan fingerprint density at radius 1 is 1.12 bits per heavy atom. The molecule has 1 aliphatic rings. The van der Waals surface area contributed by atoms with Crippen LogP contribution >= 0.6 is 0 Å². The second kappa shape index (κ2) is 6.65. The zero-order valence-electron chi connectivity index (χ0n) is 14.2. The van der Waals surface area contributed by atoms with E-state index in [1.807, 2.05) is 12.1 Å². The molecule has 2 aromatic carbocycles. The van der Waals surface area contributed by atoms with E-state index in [9.17, 15) is 0 Å². The van der Waals surface area contributed by atoms with Crippen molar-refractivity contribution in [2.24, 2.45) is 5.92 Å². The minimum atomic E-state index is 0.701. The molecule has 0 amide bonds. The highest BCUT2D eigenvalue weighted by molar-refractivity contribution is 5.77. The van der Waals surface area contributed by atoms with Crippen LogP contribution in [0.5, 0.6) is 0 Å². The number of hydrogen-bond acceptors (Lipinski definition) is 3. The number of fused-ring (bicyclic) bond motifs is 1. The Hall–Kier alpha value is -2.33. The average molecular weight is 320 g/mol. The molecule has 1 atom stereocenters. The number of nitrogens with one attached hydrogen (secondary N) is 1. The van der Waals surface area contributed by atoms with Crippen molar-refractivity contribution in [3.8, 4) is 0 Å². The third-order valence-electron chi connectivity index (χ3n) is 4.89. The summed E-state index contributed by atoms with van der Waals surface area (Å²) in [7, 11) is 2.14. The highest BCUT2D eigenvalue weighted by Gasteiger charge is 2.24. The van der Waals surface area contributed by atoms with Gasteiger partial charge in [0, 0.05) is 26.7 Å². The number of hydrogen-bond donors (Lipinski definition) is 1. The number of aromatic nitrogens is 2. The van der Waals surface area contributed by atoms with Gasteiger partial charge in [-0.15, -0.1) is 0 Å². The molecule has 0 spiro atoms. The molecule has 4 nitrogen and oxygen atoms in total. The van der Waals surface area contributed by atoms with E-state index in [1.165, 1.54) is 25.1 Å². The second-order valence-electron chi connectivity index (χ2n) is 6.83. The van der Waals surface area contributed by atoms with Crippen LogP contribution in [0.15, 0.2) is 54.6 Å². The molecule has 4 rings (SSSR count). The number of H-pyrrole nitrogens is 1. The highest BCUT2D eigenvalue weighted by Crippen LogP contribution is 2.22. The smallest absolute Gasteiger partial charge is 0.203 e. The lowest BCUT2D eigenvalue weighted by Crippen LogP contribution is -2.28. The Kier molecular flexibility index (Phi) is 4.22. The molecule has 1 aliphatic heterocycles. The molecule has 1 aromatic heterocycles. The van der Waals surface area contributed by atoms with Crippen molar-refractivity contribution in [1.82, 2.24) is 14.9 Å². The molecule has 124 valence electrons. The van der Waals surface area contributed by atoms with Crippen LogP contribution < -0.4 is 4.90 Å². The molecule has 1 fully saturated rings. The van der Waals surface area contributed by atoms with E-state index in [-0.39, 0.29) is 0 Å². The van der Waals surface area contributed by atoms with Crippen LogP contribution in [0, 0.1) is 5.92 Å². The lowest BCUT2D eigenvalue weighted by Gasteiger charge is -2.21. The zero-order valence-corrected chi connectivity index (χ0v) is 14.2. The summed E-state index contributed by atoms with van der Waals surface area (Å²) in [6.07, 6.45) is 1.26. The topological polar surface area (TPSA) is 35.2 Å². The first-order valence-corrected chi connectivity index (χ1v) is 8.70. The fourth-order valence-corrected chi connectivity index (χ4v) is 3.64. The normalized spacial score (nSPS) is 18.3. The van der Waals surface area contributed by atoms with Gasteiger partial charge in [0.25, 0.3) is 0 Å². The Labute approximate surface area is 143 Å². The Bertz CT molecular complexity index is 763. The molecule has 1 unspecified atom stereocenters. The Morgan fingerprint density at radius 2 is 1.92 bits per heavy atom. The third kappa shape index (κ3) is 3.29. The maximum absolute atomic E-state index is 4.70. The van der Waals surface area contributed by atoms with E-state index in [2.05, 4.69) is 64.3 Å². The van der Waals surface area contributed by atoms with Crippen molar-refractivity contribution in [2.75, 3.05) is 31.6 Å². The fourth-order valence-electron chi connectivity index (χ4n) is 3.64. The predicted octanol–water partition coefficient (Wildman–Crippen LogP) is 3.52. The summed E-state index contributed by atoms with van der Waals surface area (Å²) in [5.74, 6) is 1.67. The van der Waals surface area contributed by atoms with E-state index in [1.54, 1.807) is 0 Å². The third-order valence-corrected chi connectivity index (χ3v) is 4.89. The van der Waals surface area contributed by atoms with Crippen LogP contribution in [0.4, 0.5) is 5.95 Å². The quantitative estimate of drug-likeness (QED) is 0.781.